The number of aliphatic hydroxyl groups excluding tert-OH is 1. The maximum atomic E-state index is 11.3. The molecule has 0 bridgehead atoms. The fourth-order valence-corrected chi connectivity index (χ4v) is 2.69. The summed E-state index contributed by atoms with van der Waals surface area (Å²) >= 11 is 0. The van der Waals surface area contributed by atoms with Gasteiger partial charge in [0.2, 0.25) is 0 Å². The van der Waals surface area contributed by atoms with Crippen LogP contribution in [0.2, 0.25) is 0 Å². The van der Waals surface area contributed by atoms with Crippen LogP contribution in [0.1, 0.15) is 39.5 Å². The van der Waals surface area contributed by atoms with E-state index in [2.05, 4.69) is 13.8 Å². The van der Waals surface area contributed by atoms with E-state index in [0.29, 0.717) is 12.3 Å². The number of aliphatic hydroxyl groups is 1. The van der Waals surface area contributed by atoms with E-state index in [-0.39, 0.29) is 11.2 Å². The van der Waals surface area contributed by atoms with E-state index in [4.69, 9.17) is 0 Å². The van der Waals surface area contributed by atoms with E-state index in [1.807, 2.05) is 0 Å². The van der Waals surface area contributed by atoms with E-state index in [0.717, 1.165) is 24.8 Å². The summed E-state index contributed by atoms with van der Waals surface area (Å²) in [4.78, 5) is 11.3. The molecule has 1 N–H and O–H groups in total. The molecule has 14 heavy (non-hydrogen) atoms. The quantitative estimate of drug-likeness (QED) is 0.641. The van der Waals surface area contributed by atoms with Gasteiger partial charge in [-0.3, -0.25) is 4.79 Å². The predicted octanol–water partition coefficient (Wildman–Crippen LogP) is 2.07. The Bertz CT molecular complexity index is 293. The fourth-order valence-electron chi connectivity index (χ4n) is 2.69. The summed E-state index contributed by atoms with van der Waals surface area (Å²) in [5.41, 5.74) is 1.09. The summed E-state index contributed by atoms with van der Waals surface area (Å²) in [5.74, 6) is 0.492. The standard InChI is InChI=1S/C12H18O2/c1-8-3-5-12(2)6-4-9(13)7-10(12)11(8)14/h7-8,11,14H,3-6H2,1-2H3/t8-,11+,12+/m1/s1. The number of rotatable bonds is 0. The van der Waals surface area contributed by atoms with Crippen LogP contribution in [0.25, 0.3) is 0 Å². The lowest BCUT2D eigenvalue weighted by atomic mass is 9.62. The van der Waals surface area contributed by atoms with Gasteiger partial charge in [0.05, 0.1) is 6.10 Å². The van der Waals surface area contributed by atoms with Crippen molar-refractivity contribution in [2.24, 2.45) is 11.3 Å². The number of carbonyl (C=O) groups excluding carboxylic acids is 1. The lowest BCUT2D eigenvalue weighted by Gasteiger charge is -2.44. The van der Waals surface area contributed by atoms with Crippen LogP contribution in [0, 0.1) is 11.3 Å². The molecule has 2 nitrogen and oxygen atoms in total. The summed E-state index contributed by atoms with van der Waals surface area (Å²) in [6, 6.07) is 0. The number of fused-ring (bicyclic) bond motifs is 1. The molecule has 0 radical (unpaired) electrons. The van der Waals surface area contributed by atoms with Crippen molar-refractivity contribution in [3.63, 3.8) is 0 Å². The Morgan fingerprint density at radius 3 is 2.93 bits per heavy atom. The van der Waals surface area contributed by atoms with Gasteiger partial charge in [0.1, 0.15) is 0 Å². The number of allylic oxidation sites excluding steroid dienone is 1. The first-order valence-electron chi connectivity index (χ1n) is 5.46. The molecule has 1 fully saturated rings. The zero-order chi connectivity index (χ0) is 10.3. The van der Waals surface area contributed by atoms with E-state index in [1.165, 1.54) is 0 Å². The lowest BCUT2D eigenvalue weighted by molar-refractivity contribution is -0.116. The predicted molar refractivity (Wildman–Crippen MR) is 54.8 cm³/mol. The van der Waals surface area contributed by atoms with Crippen LogP contribution >= 0.6 is 0 Å². The molecule has 0 heterocycles. The van der Waals surface area contributed by atoms with Crippen LogP contribution in [-0.4, -0.2) is 17.0 Å². The van der Waals surface area contributed by atoms with Crippen molar-refractivity contribution in [2.45, 2.75) is 45.6 Å². The smallest absolute Gasteiger partial charge is 0.155 e. The Morgan fingerprint density at radius 2 is 2.21 bits per heavy atom. The third-order valence-electron chi connectivity index (χ3n) is 3.95. The minimum Gasteiger partial charge on any atom is -0.388 e. The molecule has 0 aromatic carbocycles. The van der Waals surface area contributed by atoms with Gasteiger partial charge < -0.3 is 5.11 Å². The monoisotopic (exact) mass is 194 g/mol. The van der Waals surface area contributed by atoms with Crippen LogP contribution in [0.15, 0.2) is 11.6 Å². The summed E-state index contributed by atoms with van der Waals surface area (Å²) in [6.45, 7) is 4.24. The van der Waals surface area contributed by atoms with Gasteiger partial charge in [-0.15, -0.1) is 0 Å². The molecule has 3 atom stereocenters. The molecule has 0 aliphatic heterocycles. The Morgan fingerprint density at radius 1 is 1.50 bits per heavy atom. The van der Waals surface area contributed by atoms with Gasteiger partial charge in [0, 0.05) is 6.42 Å². The maximum absolute atomic E-state index is 11.3. The van der Waals surface area contributed by atoms with Crippen LogP contribution in [-0.2, 0) is 4.79 Å². The molecule has 0 spiro atoms. The van der Waals surface area contributed by atoms with Gasteiger partial charge in [0.25, 0.3) is 0 Å². The largest absolute Gasteiger partial charge is 0.388 e. The third-order valence-corrected chi connectivity index (χ3v) is 3.95. The van der Waals surface area contributed by atoms with Crippen LogP contribution in [0.5, 0.6) is 0 Å². The first-order valence-corrected chi connectivity index (χ1v) is 5.46. The van der Waals surface area contributed by atoms with Gasteiger partial charge in [-0.2, -0.15) is 0 Å². The second-order valence-electron chi connectivity index (χ2n) is 5.09. The maximum Gasteiger partial charge on any atom is 0.155 e. The molecule has 0 aromatic heterocycles. The fraction of sp³-hybridized carbons (Fsp3) is 0.750. The SMILES string of the molecule is C[C@@H]1CC[C@@]2(C)CCC(=O)C=C2[C@H]1O. The van der Waals surface area contributed by atoms with E-state index in [1.54, 1.807) is 6.08 Å². The molecule has 2 rings (SSSR count). The lowest BCUT2D eigenvalue weighted by Crippen LogP contribution is -2.39. The molecule has 1 saturated carbocycles. The third kappa shape index (κ3) is 1.42. The number of hydrogen-bond donors (Lipinski definition) is 1. The Labute approximate surface area is 85.0 Å². The second kappa shape index (κ2) is 3.20. The minimum absolute atomic E-state index is 0.0971. The van der Waals surface area contributed by atoms with Crippen molar-refractivity contribution in [3.05, 3.63) is 11.6 Å². The highest BCUT2D eigenvalue weighted by atomic mass is 16.3. The Kier molecular flexibility index (Phi) is 2.26. The molecule has 2 heteroatoms. The molecule has 0 saturated heterocycles. The molecule has 0 aromatic rings. The zero-order valence-corrected chi connectivity index (χ0v) is 8.92. The summed E-state index contributed by atoms with van der Waals surface area (Å²) in [6.07, 6.45) is 5.07. The van der Waals surface area contributed by atoms with Gasteiger partial charge >= 0.3 is 0 Å². The highest BCUT2D eigenvalue weighted by Gasteiger charge is 2.41. The molecule has 78 valence electrons. The summed E-state index contributed by atoms with van der Waals surface area (Å²) in [7, 11) is 0. The Balaban J connectivity index is 2.35. The summed E-state index contributed by atoms with van der Waals surface area (Å²) < 4.78 is 0. The number of carbonyl (C=O) groups is 1. The average Bonchev–Trinajstić information content (AvgIpc) is 2.16. The molecule has 2 aliphatic rings. The van der Waals surface area contributed by atoms with Crippen molar-refractivity contribution in [2.75, 3.05) is 0 Å². The van der Waals surface area contributed by atoms with E-state index < -0.39 is 6.10 Å². The van der Waals surface area contributed by atoms with Crippen LogP contribution < -0.4 is 0 Å². The minimum atomic E-state index is -0.391. The zero-order valence-electron chi connectivity index (χ0n) is 8.92. The highest BCUT2D eigenvalue weighted by molar-refractivity contribution is 5.91. The van der Waals surface area contributed by atoms with Crippen LogP contribution in [0.3, 0.4) is 0 Å². The highest BCUT2D eigenvalue weighted by Crippen LogP contribution is 2.48. The van der Waals surface area contributed by atoms with E-state index in [9.17, 15) is 9.90 Å². The van der Waals surface area contributed by atoms with Crippen molar-refractivity contribution in [1.82, 2.24) is 0 Å². The number of hydrogen-bond acceptors (Lipinski definition) is 2. The molecular formula is C12H18O2. The first kappa shape index (κ1) is 9.91. The van der Waals surface area contributed by atoms with Crippen molar-refractivity contribution < 1.29 is 9.90 Å². The van der Waals surface area contributed by atoms with Gasteiger partial charge in [-0.25, -0.2) is 0 Å². The Hall–Kier alpha value is -0.630. The molecular weight excluding hydrogens is 176 g/mol. The normalized spacial score (nSPS) is 43.1. The summed E-state index contributed by atoms with van der Waals surface area (Å²) in [5, 5.41) is 10.0. The van der Waals surface area contributed by atoms with Gasteiger partial charge in [-0.05, 0) is 42.2 Å². The van der Waals surface area contributed by atoms with Crippen LogP contribution in [0.4, 0.5) is 0 Å². The first-order chi connectivity index (χ1) is 6.53. The van der Waals surface area contributed by atoms with Crippen molar-refractivity contribution in [3.8, 4) is 0 Å². The average molecular weight is 194 g/mol. The van der Waals surface area contributed by atoms with Gasteiger partial charge in [0.15, 0.2) is 5.78 Å². The van der Waals surface area contributed by atoms with Gasteiger partial charge in [-0.1, -0.05) is 13.8 Å². The topological polar surface area (TPSA) is 37.3 Å². The van der Waals surface area contributed by atoms with E-state index >= 15 is 0 Å². The van der Waals surface area contributed by atoms with Crippen molar-refractivity contribution in [1.29, 1.82) is 0 Å². The molecule has 0 unspecified atom stereocenters. The number of ketones is 1. The molecule has 2 aliphatic carbocycles. The molecule has 0 amide bonds. The van der Waals surface area contributed by atoms with Crippen molar-refractivity contribution >= 4 is 5.78 Å². The second-order valence-corrected chi connectivity index (χ2v) is 5.09.